The first-order chi connectivity index (χ1) is 12.0. The van der Waals surface area contributed by atoms with E-state index >= 15 is 0 Å². The van der Waals surface area contributed by atoms with Gasteiger partial charge in [-0.05, 0) is 38.9 Å². The number of likely N-dealkylation sites (N-methyl/N-ethyl adjacent to an activating group) is 1. The highest BCUT2D eigenvalue weighted by molar-refractivity contribution is 14.0. The molecule has 0 heterocycles. The molecular formula is C20H37IN4O. The lowest BCUT2D eigenvalue weighted by atomic mass is 10.0. The van der Waals surface area contributed by atoms with Crippen molar-refractivity contribution in [2.75, 3.05) is 40.3 Å². The molecule has 26 heavy (non-hydrogen) atoms. The van der Waals surface area contributed by atoms with Crippen LogP contribution in [-0.4, -0.2) is 62.8 Å². The largest absolute Gasteiger partial charge is 0.377 e. The van der Waals surface area contributed by atoms with Crippen LogP contribution in [0.2, 0.25) is 0 Å². The van der Waals surface area contributed by atoms with Gasteiger partial charge in [-0.3, -0.25) is 9.89 Å². The molecule has 1 unspecified atom stereocenters. The van der Waals surface area contributed by atoms with Crippen molar-refractivity contribution in [2.45, 2.75) is 45.8 Å². The maximum Gasteiger partial charge on any atom is 0.191 e. The minimum atomic E-state index is -0.222. The molecule has 0 bridgehead atoms. The summed E-state index contributed by atoms with van der Waals surface area (Å²) < 4.78 is 5.46. The molecule has 0 aliphatic rings. The average molecular weight is 476 g/mol. The smallest absolute Gasteiger partial charge is 0.191 e. The van der Waals surface area contributed by atoms with Gasteiger partial charge in [0.05, 0.1) is 5.60 Å². The van der Waals surface area contributed by atoms with Crippen LogP contribution in [0.4, 0.5) is 0 Å². The van der Waals surface area contributed by atoms with E-state index in [1.807, 2.05) is 0 Å². The Kier molecular flexibility index (Phi) is 12.9. The van der Waals surface area contributed by atoms with E-state index in [2.05, 4.69) is 78.6 Å². The summed E-state index contributed by atoms with van der Waals surface area (Å²) >= 11 is 0. The van der Waals surface area contributed by atoms with Gasteiger partial charge in [-0.25, -0.2) is 0 Å². The van der Waals surface area contributed by atoms with Crippen molar-refractivity contribution in [3.8, 4) is 0 Å². The van der Waals surface area contributed by atoms with E-state index in [-0.39, 0.29) is 29.6 Å². The number of rotatable bonds is 10. The van der Waals surface area contributed by atoms with Gasteiger partial charge in [0.15, 0.2) is 5.96 Å². The van der Waals surface area contributed by atoms with Crippen LogP contribution >= 0.6 is 24.0 Å². The summed E-state index contributed by atoms with van der Waals surface area (Å²) in [5.74, 6) is 0.815. The fourth-order valence-corrected chi connectivity index (χ4v) is 2.76. The van der Waals surface area contributed by atoms with Crippen LogP contribution in [0.25, 0.3) is 0 Å². The number of benzene rings is 1. The molecule has 2 N–H and O–H groups in total. The zero-order valence-electron chi connectivity index (χ0n) is 17.2. The SMILES string of the molecule is CCN(CC)C(CNC(=NC)NCC(C)(C)OC)Cc1ccccc1.I. The number of aliphatic imine (C=N–C) groups is 1. The molecule has 6 heteroatoms. The summed E-state index contributed by atoms with van der Waals surface area (Å²) in [5, 5.41) is 6.83. The molecule has 0 saturated heterocycles. The summed E-state index contributed by atoms with van der Waals surface area (Å²) in [6, 6.07) is 11.1. The van der Waals surface area contributed by atoms with E-state index in [1.165, 1.54) is 5.56 Å². The zero-order valence-corrected chi connectivity index (χ0v) is 19.5. The summed E-state index contributed by atoms with van der Waals surface area (Å²) in [4.78, 5) is 6.83. The molecule has 5 nitrogen and oxygen atoms in total. The molecule has 1 aromatic rings. The Morgan fingerprint density at radius 2 is 1.77 bits per heavy atom. The van der Waals surface area contributed by atoms with Crippen molar-refractivity contribution >= 4 is 29.9 Å². The Labute approximate surface area is 177 Å². The average Bonchev–Trinajstić information content (AvgIpc) is 2.63. The van der Waals surface area contributed by atoms with Crippen molar-refractivity contribution in [3.05, 3.63) is 35.9 Å². The van der Waals surface area contributed by atoms with Gasteiger partial charge < -0.3 is 15.4 Å². The molecule has 0 aliphatic heterocycles. The van der Waals surface area contributed by atoms with Crippen molar-refractivity contribution in [1.29, 1.82) is 0 Å². The second-order valence-corrected chi connectivity index (χ2v) is 6.84. The Bertz CT molecular complexity index is 504. The number of hydrogen-bond donors (Lipinski definition) is 2. The number of methoxy groups -OCH3 is 1. The highest BCUT2D eigenvalue weighted by Crippen LogP contribution is 2.09. The lowest BCUT2D eigenvalue weighted by Crippen LogP contribution is -2.50. The van der Waals surface area contributed by atoms with Gasteiger partial charge in [0.25, 0.3) is 0 Å². The molecular weight excluding hydrogens is 439 g/mol. The van der Waals surface area contributed by atoms with Crippen LogP contribution in [-0.2, 0) is 11.2 Å². The molecule has 0 radical (unpaired) electrons. The quantitative estimate of drug-likeness (QED) is 0.310. The molecule has 1 rings (SSSR count). The predicted octanol–water partition coefficient (Wildman–Crippen LogP) is 3.15. The number of nitrogens with zero attached hydrogens (tertiary/aromatic N) is 2. The topological polar surface area (TPSA) is 48.9 Å². The molecule has 0 saturated carbocycles. The summed E-state index contributed by atoms with van der Waals surface area (Å²) in [6.45, 7) is 12.2. The van der Waals surface area contributed by atoms with Crippen molar-refractivity contribution < 1.29 is 4.74 Å². The zero-order chi connectivity index (χ0) is 18.7. The fraction of sp³-hybridized carbons (Fsp3) is 0.650. The van der Waals surface area contributed by atoms with Crippen LogP contribution in [0.3, 0.4) is 0 Å². The molecule has 150 valence electrons. The molecule has 0 spiro atoms. The fourth-order valence-electron chi connectivity index (χ4n) is 2.76. The molecule has 0 amide bonds. The number of ether oxygens (including phenoxy) is 1. The molecule has 0 aromatic heterocycles. The minimum absolute atomic E-state index is 0. The Morgan fingerprint density at radius 3 is 2.27 bits per heavy atom. The molecule has 0 fully saturated rings. The minimum Gasteiger partial charge on any atom is -0.377 e. The second kappa shape index (κ2) is 13.3. The van der Waals surface area contributed by atoms with Gasteiger partial charge in [0.1, 0.15) is 0 Å². The van der Waals surface area contributed by atoms with Crippen molar-refractivity contribution in [1.82, 2.24) is 15.5 Å². The van der Waals surface area contributed by atoms with Crippen LogP contribution in [0.1, 0.15) is 33.3 Å². The van der Waals surface area contributed by atoms with Crippen molar-refractivity contribution in [2.24, 2.45) is 4.99 Å². The van der Waals surface area contributed by atoms with Gasteiger partial charge in [-0.2, -0.15) is 0 Å². The molecule has 1 atom stereocenters. The summed E-state index contributed by atoms with van der Waals surface area (Å²) in [5.41, 5.74) is 1.14. The number of guanidine groups is 1. The molecule has 0 aliphatic carbocycles. The van der Waals surface area contributed by atoms with Crippen LogP contribution < -0.4 is 10.6 Å². The normalized spacial score (nSPS) is 13.3. The number of hydrogen-bond acceptors (Lipinski definition) is 3. The van der Waals surface area contributed by atoms with E-state index in [1.54, 1.807) is 14.2 Å². The summed E-state index contributed by atoms with van der Waals surface area (Å²) in [6.07, 6.45) is 1.02. The van der Waals surface area contributed by atoms with Gasteiger partial charge in [0, 0.05) is 33.3 Å². The van der Waals surface area contributed by atoms with E-state index < -0.39 is 0 Å². The standard InChI is InChI=1S/C20H36N4O.HI/c1-7-24(8-2)18(14-17-12-10-9-11-13-17)15-22-19(21-5)23-16-20(3,4)25-6;/h9-13,18H,7-8,14-16H2,1-6H3,(H2,21,22,23);1H. The highest BCUT2D eigenvalue weighted by Gasteiger charge is 2.19. The molecule has 1 aromatic carbocycles. The highest BCUT2D eigenvalue weighted by atomic mass is 127. The number of halogens is 1. The van der Waals surface area contributed by atoms with Crippen LogP contribution in [0.5, 0.6) is 0 Å². The third-order valence-electron chi connectivity index (χ3n) is 4.61. The van der Waals surface area contributed by atoms with Crippen LogP contribution in [0.15, 0.2) is 35.3 Å². The van der Waals surface area contributed by atoms with Gasteiger partial charge in [-0.15, -0.1) is 24.0 Å². The Balaban J connectivity index is 0.00000625. The van der Waals surface area contributed by atoms with Crippen molar-refractivity contribution in [3.63, 3.8) is 0 Å². The van der Waals surface area contributed by atoms with E-state index in [9.17, 15) is 0 Å². The first-order valence-corrected chi connectivity index (χ1v) is 9.23. The second-order valence-electron chi connectivity index (χ2n) is 6.84. The third-order valence-corrected chi connectivity index (χ3v) is 4.61. The maximum atomic E-state index is 5.46. The van der Waals surface area contributed by atoms with Gasteiger partial charge in [0.2, 0.25) is 0 Å². The first-order valence-electron chi connectivity index (χ1n) is 9.23. The Morgan fingerprint density at radius 1 is 1.15 bits per heavy atom. The lowest BCUT2D eigenvalue weighted by molar-refractivity contribution is 0.0268. The van der Waals surface area contributed by atoms with Gasteiger partial charge >= 0.3 is 0 Å². The van der Waals surface area contributed by atoms with E-state index in [0.29, 0.717) is 12.6 Å². The first kappa shape index (κ1) is 25.1. The van der Waals surface area contributed by atoms with E-state index in [0.717, 1.165) is 32.0 Å². The number of nitrogens with one attached hydrogen (secondary N) is 2. The monoisotopic (exact) mass is 476 g/mol. The predicted molar refractivity (Wildman–Crippen MR) is 123 cm³/mol. The summed E-state index contributed by atoms with van der Waals surface area (Å²) in [7, 11) is 3.53. The van der Waals surface area contributed by atoms with Crippen LogP contribution in [0, 0.1) is 0 Å². The third kappa shape index (κ3) is 9.19. The van der Waals surface area contributed by atoms with E-state index in [4.69, 9.17) is 4.74 Å². The Hall–Kier alpha value is -0.860. The van der Waals surface area contributed by atoms with Gasteiger partial charge in [-0.1, -0.05) is 44.2 Å². The lowest BCUT2D eigenvalue weighted by Gasteiger charge is -2.31. The maximum absolute atomic E-state index is 5.46.